The number of nitrogens with one attached hydrogen (secondary N) is 1. The summed E-state index contributed by atoms with van der Waals surface area (Å²) in [5, 5.41) is 76.5. The molecule has 9 atom stereocenters. The highest BCUT2D eigenvalue weighted by Crippen LogP contribution is 2.24. The van der Waals surface area contributed by atoms with Crippen LogP contribution in [0.5, 0.6) is 0 Å². The fourth-order valence-electron chi connectivity index (χ4n) is 12.3. The molecular weight excluding hydrogens is 1100 g/mol. The second kappa shape index (κ2) is 65.1. The van der Waals surface area contributed by atoms with Gasteiger partial charge in [0.15, 0.2) is 6.29 Å². The monoisotopic (exact) mass is 1240 g/mol. The van der Waals surface area contributed by atoms with Crippen LogP contribution in [0, 0.1) is 0 Å². The standard InChI is InChI=1S/C77H145NO10/c1-3-5-7-9-11-13-15-17-19-21-23-25-27-28-29-30-31-32-33-34-35-36-37-38-39-40-41-43-45-47-49-51-53-55-57-59-61-63-65-70(81)76(86)78-68(67-87-77-75(85)74(84)73(83)71(66-79)88-77)72(82)69(80)64-62-60-58-56-54-52-50-48-46-44-42-26-24-22-20-18-16-14-12-10-8-6-4-2/h31-32,34-35,48,50,56,58,68-75,77,79-85H,3-30,33,36-47,49,51-55,57,59-67H2,1-2H3,(H,78,86)/b32-31-,35-34-,50-48+,58-56+. The van der Waals surface area contributed by atoms with Crippen molar-refractivity contribution in [2.75, 3.05) is 13.2 Å². The number of hydrogen-bond acceptors (Lipinski definition) is 10. The summed E-state index contributed by atoms with van der Waals surface area (Å²) in [5.74, 6) is -0.706. The van der Waals surface area contributed by atoms with Gasteiger partial charge in [-0.25, -0.2) is 0 Å². The fourth-order valence-corrected chi connectivity index (χ4v) is 12.3. The minimum atomic E-state index is -1.67. The quantitative estimate of drug-likeness (QED) is 0.0215. The van der Waals surface area contributed by atoms with Crippen molar-refractivity contribution in [2.24, 2.45) is 0 Å². The number of amides is 1. The maximum Gasteiger partial charge on any atom is 0.249 e. The van der Waals surface area contributed by atoms with Gasteiger partial charge in [0.05, 0.1) is 25.4 Å². The van der Waals surface area contributed by atoms with Crippen molar-refractivity contribution in [3.05, 3.63) is 48.6 Å². The van der Waals surface area contributed by atoms with Crippen molar-refractivity contribution in [1.82, 2.24) is 5.32 Å². The SMILES string of the molecule is CCCCCCCCCCCCCCCC/C=C/CC/C=C/CCCC(O)C(O)C(COC1OC(CO)C(O)C(O)C1O)NC(=O)C(O)CCCCCCCCCCCCCCCCCC/C=C\C/C=C\CCCCCCCCCCCCCCCCC. The molecule has 1 aliphatic rings. The van der Waals surface area contributed by atoms with E-state index in [9.17, 15) is 40.5 Å². The van der Waals surface area contributed by atoms with Crippen LogP contribution in [0.15, 0.2) is 48.6 Å². The summed E-state index contributed by atoms with van der Waals surface area (Å²) in [5.41, 5.74) is 0. The number of rotatable bonds is 67. The first-order valence-corrected chi connectivity index (χ1v) is 38.0. The average molecular weight is 1250 g/mol. The smallest absolute Gasteiger partial charge is 0.249 e. The fraction of sp³-hybridized carbons (Fsp3) is 0.883. The Kier molecular flexibility index (Phi) is 62.2. The molecule has 1 saturated heterocycles. The average Bonchev–Trinajstić information content (AvgIpc) is 2.77. The molecule has 1 fully saturated rings. The molecule has 11 nitrogen and oxygen atoms in total. The molecule has 11 heteroatoms. The molecule has 9 unspecified atom stereocenters. The van der Waals surface area contributed by atoms with Crippen LogP contribution < -0.4 is 5.32 Å². The zero-order chi connectivity index (χ0) is 63.9. The van der Waals surface area contributed by atoms with Crippen molar-refractivity contribution in [3.8, 4) is 0 Å². The Morgan fingerprint density at radius 1 is 0.398 bits per heavy atom. The minimum absolute atomic E-state index is 0.247. The maximum absolute atomic E-state index is 13.3. The number of ether oxygens (including phenoxy) is 2. The van der Waals surface area contributed by atoms with E-state index in [-0.39, 0.29) is 12.8 Å². The van der Waals surface area contributed by atoms with Gasteiger partial charge in [-0.2, -0.15) is 0 Å². The van der Waals surface area contributed by atoms with Crippen LogP contribution in [0.2, 0.25) is 0 Å². The molecule has 1 heterocycles. The Balaban J connectivity index is 2.15. The highest BCUT2D eigenvalue weighted by atomic mass is 16.7. The molecule has 8 N–H and O–H groups in total. The van der Waals surface area contributed by atoms with E-state index in [0.717, 1.165) is 44.9 Å². The Morgan fingerprint density at radius 3 is 1.08 bits per heavy atom. The zero-order valence-corrected chi connectivity index (χ0v) is 57.5. The number of carbonyl (C=O) groups excluding carboxylic acids is 1. The molecule has 1 aliphatic heterocycles. The molecule has 0 spiro atoms. The number of unbranched alkanes of at least 4 members (excludes halogenated alkanes) is 47. The highest BCUT2D eigenvalue weighted by molar-refractivity contribution is 5.80. The zero-order valence-electron chi connectivity index (χ0n) is 57.5. The summed E-state index contributed by atoms with van der Waals surface area (Å²) >= 11 is 0. The molecule has 518 valence electrons. The van der Waals surface area contributed by atoms with E-state index in [0.29, 0.717) is 19.3 Å². The summed E-state index contributed by atoms with van der Waals surface area (Å²) < 4.78 is 11.2. The lowest BCUT2D eigenvalue weighted by Crippen LogP contribution is -2.60. The minimum Gasteiger partial charge on any atom is -0.394 e. The first-order chi connectivity index (χ1) is 43.2. The molecule has 0 aromatic rings. The summed E-state index contributed by atoms with van der Waals surface area (Å²) in [6.45, 7) is 3.49. The Bertz CT molecular complexity index is 1570. The molecule has 0 saturated carbocycles. The van der Waals surface area contributed by atoms with Gasteiger partial charge in [-0.1, -0.05) is 332 Å². The van der Waals surface area contributed by atoms with E-state index >= 15 is 0 Å². The van der Waals surface area contributed by atoms with Crippen LogP contribution in [-0.4, -0.2) is 110 Å². The summed E-state index contributed by atoms with van der Waals surface area (Å²) in [4.78, 5) is 13.3. The molecule has 0 aromatic carbocycles. The van der Waals surface area contributed by atoms with E-state index in [1.165, 1.54) is 276 Å². The van der Waals surface area contributed by atoms with Gasteiger partial charge in [0.2, 0.25) is 5.91 Å². The Morgan fingerprint density at radius 2 is 0.716 bits per heavy atom. The predicted octanol–water partition coefficient (Wildman–Crippen LogP) is 19.1. The predicted molar refractivity (Wildman–Crippen MR) is 372 cm³/mol. The lowest BCUT2D eigenvalue weighted by Gasteiger charge is -2.40. The molecule has 0 radical (unpaired) electrons. The second-order valence-electron chi connectivity index (χ2n) is 26.7. The van der Waals surface area contributed by atoms with Gasteiger partial charge in [0.25, 0.3) is 0 Å². The lowest BCUT2D eigenvalue weighted by molar-refractivity contribution is -0.303. The van der Waals surface area contributed by atoms with Crippen molar-refractivity contribution in [3.63, 3.8) is 0 Å². The van der Waals surface area contributed by atoms with Crippen molar-refractivity contribution < 1.29 is 50.0 Å². The van der Waals surface area contributed by atoms with E-state index in [2.05, 4.69) is 67.8 Å². The second-order valence-corrected chi connectivity index (χ2v) is 26.7. The van der Waals surface area contributed by atoms with Crippen LogP contribution in [0.1, 0.15) is 367 Å². The number of carbonyl (C=O) groups is 1. The summed E-state index contributed by atoms with van der Waals surface area (Å²) in [6.07, 6.45) is 75.1. The van der Waals surface area contributed by atoms with Crippen LogP contribution in [-0.2, 0) is 14.3 Å². The maximum atomic E-state index is 13.3. The summed E-state index contributed by atoms with van der Waals surface area (Å²) in [6, 6.07) is -1.19. The third-order valence-electron chi connectivity index (χ3n) is 18.3. The van der Waals surface area contributed by atoms with E-state index in [1.54, 1.807) is 0 Å². The largest absolute Gasteiger partial charge is 0.394 e. The number of hydrogen-bond donors (Lipinski definition) is 8. The molecule has 0 aromatic heterocycles. The van der Waals surface area contributed by atoms with Gasteiger partial charge in [0.1, 0.15) is 36.6 Å². The van der Waals surface area contributed by atoms with Crippen LogP contribution in [0.4, 0.5) is 0 Å². The number of aliphatic hydroxyl groups excluding tert-OH is 7. The van der Waals surface area contributed by atoms with Gasteiger partial charge in [-0.3, -0.25) is 4.79 Å². The first kappa shape index (κ1) is 84.1. The molecule has 1 amide bonds. The van der Waals surface area contributed by atoms with Gasteiger partial charge < -0.3 is 50.5 Å². The molecule has 1 rings (SSSR count). The first-order valence-electron chi connectivity index (χ1n) is 38.0. The van der Waals surface area contributed by atoms with E-state index in [1.807, 2.05) is 0 Å². The Hall–Kier alpha value is -1.93. The normalized spacial score (nSPS) is 18.9. The number of aliphatic hydroxyl groups is 7. The van der Waals surface area contributed by atoms with Crippen LogP contribution >= 0.6 is 0 Å². The third-order valence-corrected chi connectivity index (χ3v) is 18.3. The third kappa shape index (κ3) is 51.6. The van der Waals surface area contributed by atoms with Gasteiger partial charge in [-0.05, 0) is 83.5 Å². The van der Waals surface area contributed by atoms with Crippen molar-refractivity contribution >= 4 is 5.91 Å². The van der Waals surface area contributed by atoms with Crippen molar-refractivity contribution in [2.45, 2.75) is 422 Å². The van der Waals surface area contributed by atoms with Crippen LogP contribution in [0.25, 0.3) is 0 Å². The summed E-state index contributed by atoms with van der Waals surface area (Å²) in [7, 11) is 0. The molecular formula is C77H145NO10. The van der Waals surface area contributed by atoms with Gasteiger partial charge in [-0.15, -0.1) is 0 Å². The van der Waals surface area contributed by atoms with E-state index in [4.69, 9.17) is 9.47 Å². The molecule has 0 aliphatic carbocycles. The van der Waals surface area contributed by atoms with Crippen molar-refractivity contribution in [1.29, 1.82) is 0 Å². The van der Waals surface area contributed by atoms with Gasteiger partial charge >= 0.3 is 0 Å². The lowest BCUT2D eigenvalue weighted by atomic mass is 9.98. The number of allylic oxidation sites excluding steroid dienone is 8. The molecule has 88 heavy (non-hydrogen) atoms. The Labute approximate surface area is 542 Å². The van der Waals surface area contributed by atoms with Crippen LogP contribution in [0.3, 0.4) is 0 Å². The van der Waals surface area contributed by atoms with E-state index < -0.39 is 74.2 Å². The highest BCUT2D eigenvalue weighted by Gasteiger charge is 2.44. The topological polar surface area (TPSA) is 189 Å². The molecule has 0 bridgehead atoms. The van der Waals surface area contributed by atoms with Gasteiger partial charge in [0, 0.05) is 0 Å².